The summed E-state index contributed by atoms with van der Waals surface area (Å²) in [5.41, 5.74) is 6.78. The number of aliphatic hydroxyl groups is 1. The van der Waals surface area contributed by atoms with Crippen molar-refractivity contribution in [3.05, 3.63) is 24.5 Å². The number of nitrogens with one attached hydrogen (secondary N) is 1. The Morgan fingerprint density at radius 1 is 1.33 bits per heavy atom. The van der Waals surface area contributed by atoms with E-state index in [2.05, 4.69) is 15.3 Å². The van der Waals surface area contributed by atoms with Crippen LogP contribution in [0.3, 0.4) is 0 Å². The summed E-state index contributed by atoms with van der Waals surface area (Å²) in [6.07, 6.45) is -3.22. The number of fused-ring (bicyclic) bond motifs is 1. The Hall–Kier alpha value is -2.02. The number of aromatic nitrogens is 2. The summed E-state index contributed by atoms with van der Waals surface area (Å²) in [7, 11) is 0. The minimum Gasteiger partial charge on any atom is -0.399 e. The van der Waals surface area contributed by atoms with Gasteiger partial charge in [0.2, 0.25) is 0 Å². The third-order valence-corrected chi connectivity index (χ3v) is 2.43. The first-order chi connectivity index (χ1) is 8.58. The molecule has 0 fully saturated rings. The van der Waals surface area contributed by atoms with E-state index in [1.54, 1.807) is 18.2 Å². The van der Waals surface area contributed by atoms with Crippen molar-refractivity contribution in [2.24, 2.45) is 0 Å². The van der Waals surface area contributed by atoms with Crippen molar-refractivity contribution in [1.82, 2.24) is 9.97 Å². The Labute approximate surface area is 102 Å². The van der Waals surface area contributed by atoms with Crippen LogP contribution in [-0.4, -0.2) is 34.1 Å². The van der Waals surface area contributed by atoms with Crippen LogP contribution in [0.25, 0.3) is 10.9 Å². The molecule has 18 heavy (non-hydrogen) atoms. The van der Waals surface area contributed by atoms with Crippen LogP contribution >= 0.6 is 0 Å². The first-order valence-corrected chi connectivity index (χ1v) is 5.28. The second-order valence-electron chi connectivity index (χ2n) is 3.78. The summed E-state index contributed by atoms with van der Waals surface area (Å²) >= 11 is 0. The Kier molecular flexibility index (Phi) is 3.52. The number of hydrogen-bond donors (Lipinski definition) is 3. The summed E-state index contributed by atoms with van der Waals surface area (Å²) in [5.74, 6) is 0.389. The fourth-order valence-electron chi connectivity index (χ4n) is 1.51. The van der Waals surface area contributed by atoms with Gasteiger partial charge in [-0.05, 0) is 18.2 Å². The van der Waals surface area contributed by atoms with Gasteiger partial charge in [0, 0.05) is 17.6 Å². The number of rotatable bonds is 4. The molecule has 0 bridgehead atoms. The van der Waals surface area contributed by atoms with Gasteiger partial charge in [0.25, 0.3) is 6.43 Å². The van der Waals surface area contributed by atoms with Gasteiger partial charge >= 0.3 is 0 Å². The predicted octanol–water partition coefficient (Wildman–Crippen LogP) is 1.25. The van der Waals surface area contributed by atoms with Crippen molar-refractivity contribution in [3.63, 3.8) is 0 Å². The molecule has 1 atom stereocenters. The highest BCUT2D eigenvalue weighted by Gasteiger charge is 2.16. The summed E-state index contributed by atoms with van der Waals surface area (Å²) in [6.45, 7) is -0.284. The van der Waals surface area contributed by atoms with Gasteiger partial charge in [-0.1, -0.05) is 0 Å². The second-order valence-corrected chi connectivity index (χ2v) is 3.78. The van der Waals surface area contributed by atoms with Gasteiger partial charge in [-0.15, -0.1) is 0 Å². The number of halogens is 2. The molecule has 2 rings (SSSR count). The molecular formula is C11H12F2N4O. The van der Waals surface area contributed by atoms with Crippen LogP contribution in [0, 0.1) is 0 Å². The number of hydrogen-bond acceptors (Lipinski definition) is 5. The van der Waals surface area contributed by atoms with E-state index in [9.17, 15) is 8.78 Å². The molecular weight excluding hydrogens is 242 g/mol. The minimum absolute atomic E-state index is 0.284. The highest BCUT2D eigenvalue weighted by Crippen LogP contribution is 2.21. The summed E-state index contributed by atoms with van der Waals surface area (Å²) in [6, 6.07) is 5.02. The van der Waals surface area contributed by atoms with E-state index < -0.39 is 12.5 Å². The summed E-state index contributed by atoms with van der Waals surface area (Å²) in [5, 5.41) is 12.4. The Morgan fingerprint density at radius 2 is 2.11 bits per heavy atom. The normalized spacial score (nSPS) is 12.9. The van der Waals surface area contributed by atoms with Crippen LogP contribution < -0.4 is 11.1 Å². The second kappa shape index (κ2) is 5.09. The average molecular weight is 254 g/mol. The molecule has 0 radical (unpaired) electrons. The number of aliphatic hydroxyl groups excluding tert-OH is 1. The van der Waals surface area contributed by atoms with E-state index in [-0.39, 0.29) is 6.54 Å². The highest BCUT2D eigenvalue weighted by atomic mass is 19.3. The molecule has 0 aliphatic rings. The zero-order chi connectivity index (χ0) is 13.1. The molecule has 0 aliphatic carbocycles. The van der Waals surface area contributed by atoms with Gasteiger partial charge in [-0.2, -0.15) is 0 Å². The Balaban J connectivity index is 2.23. The van der Waals surface area contributed by atoms with Gasteiger partial charge in [0.1, 0.15) is 18.2 Å². The first-order valence-electron chi connectivity index (χ1n) is 5.28. The fourth-order valence-corrected chi connectivity index (χ4v) is 1.51. The predicted molar refractivity (Wildman–Crippen MR) is 64.5 cm³/mol. The van der Waals surface area contributed by atoms with Crippen molar-refractivity contribution in [1.29, 1.82) is 0 Å². The zero-order valence-corrected chi connectivity index (χ0v) is 9.35. The van der Waals surface area contributed by atoms with E-state index in [0.717, 1.165) is 0 Å². The van der Waals surface area contributed by atoms with E-state index in [0.29, 0.717) is 22.4 Å². The van der Waals surface area contributed by atoms with E-state index >= 15 is 0 Å². The number of nitrogens with two attached hydrogens (primary N) is 1. The lowest BCUT2D eigenvalue weighted by Crippen LogP contribution is -2.27. The Morgan fingerprint density at radius 3 is 2.83 bits per heavy atom. The summed E-state index contributed by atoms with van der Waals surface area (Å²) < 4.78 is 24.3. The van der Waals surface area contributed by atoms with Crippen LogP contribution in [-0.2, 0) is 0 Å². The van der Waals surface area contributed by atoms with Crippen molar-refractivity contribution < 1.29 is 13.9 Å². The third kappa shape index (κ3) is 2.62. The maximum atomic E-state index is 12.2. The van der Waals surface area contributed by atoms with Crippen LogP contribution in [0.4, 0.5) is 20.3 Å². The van der Waals surface area contributed by atoms with Gasteiger partial charge in [-0.25, -0.2) is 18.7 Å². The smallest absolute Gasteiger partial charge is 0.265 e. The Bertz CT molecular complexity index is 550. The van der Waals surface area contributed by atoms with Crippen LogP contribution in [0.15, 0.2) is 24.5 Å². The van der Waals surface area contributed by atoms with Gasteiger partial charge in [0.15, 0.2) is 0 Å². The molecule has 0 saturated carbocycles. The largest absolute Gasteiger partial charge is 0.399 e. The summed E-state index contributed by atoms with van der Waals surface area (Å²) in [4.78, 5) is 7.97. The quantitative estimate of drug-likeness (QED) is 0.715. The first kappa shape index (κ1) is 12.4. The molecule has 1 aromatic carbocycles. The topological polar surface area (TPSA) is 84.1 Å². The zero-order valence-electron chi connectivity index (χ0n) is 9.35. The molecule has 96 valence electrons. The molecule has 4 N–H and O–H groups in total. The lowest BCUT2D eigenvalue weighted by Gasteiger charge is -2.12. The minimum atomic E-state index is -2.79. The van der Waals surface area contributed by atoms with Crippen molar-refractivity contribution in [2.75, 3.05) is 17.6 Å². The van der Waals surface area contributed by atoms with E-state index in [4.69, 9.17) is 10.8 Å². The van der Waals surface area contributed by atoms with Crippen molar-refractivity contribution in [2.45, 2.75) is 12.5 Å². The fraction of sp³-hybridized carbons (Fsp3) is 0.273. The molecule has 7 heteroatoms. The monoisotopic (exact) mass is 254 g/mol. The standard InChI is InChI=1S/C11H12F2N4O/c12-10(13)9(18)4-15-11-7-2-1-6(14)3-8(7)16-5-17-11/h1-3,5,9-10,18H,4,14H2,(H,15,16,17). The molecule has 0 spiro atoms. The number of anilines is 2. The SMILES string of the molecule is Nc1ccc2c(NCC(O)C(F)F)ncnc2c1. The van der Waals surface area contributed by atoms with Gasteiger partial charge in [0.05, 0.1) is 5.52 Å². The molecule has 0 amide bonds. The number of alkyl halides is 2. The van der Waals surface area contributed by atoms with Gasteiger partial charge in [-0.3, -0.25) is 0 Å². The van der Waals surface area contributed by atoms with E-state index in [1.807, 2.05) is 0 Å². The van der Waals surface area contributed by atoms with Crippen LogP contribution in [0.2, 0.25) is 0 Å². The average Bonchev–Trinajstić information content (AvgIpc) is 2.35. The number of benzene rings is 1. The van der Waals surface area contributed by atoms with Crippen molar-refractivity contribution in [3.8, 4) is 0 Å². The molecule has 2 aromatic rings. The molecule has 0 aliphatic heterocycles. The lowest BCUT2D eigenvalue weighted by molar-refractivity contribution is 0.00382. The molecule has 1 aromatic heterocycles. The van der Waals surface area contributed by atoms with Crippen molar-refractivity contribution >= 4 is 22.4 Å². The maximum absolute atomic E-state index is 12.2. The third-order valence-electron chi connectivity index (χ3n) is 2.43. The van der Waals surface area contributed by atoms with Crippen LogP contribution in [0.5, 0.6) is 0 Å². The van der Waals surface area contributed by atoms with E-state index in [1.165, 1.54) is 6.33 Å². The highest BCUT2D eigenvalue weighted by molar-refractivity contribution is 5.90. The maximum Gasteiger partial charge on any atom is 0.265 e. The molecule has 1 heterocycles. The number of nitrogen functional groups attached to an aromatic ring is 1. The van der Waals surface area contributed by atoms with Gasteiger partial charge < -0.3 is 16.2 Å². The number of nitrogens with zero attached hydrogens (tertiary/aromatic N) is 2. The van der Waals surface area contributed by atoms with Crippen LogP contribution in [0.1, 0.15) is 0 Å². The molecule has 0 saturated heterocycles. The molecule has 1 unspecified atom stereocenters. The lowest BCUT2D eigenvalue weighted by atomic mass is 10.2. The molecule has 5 nitrogen and oxygen atoms in total.